The van der Waals surface area contributed by atoms with E-state index < -0.39 is 23.1 Å². The number of benzene rings is 4. The molecule has 4 aliphatic rings. The van der Waals surface area contributed by atoms with E-state index in [-0.39, 0.29) is 38.3 Å². The molecule has 0 bridgehead atoms. The molecular formula is C46H41Cl3F2O8S2. The Bertz CT molecular complexity index is 2440. The van der Waals surface area contributed by atoms with Gasteiger partial charge in [-0.25, -0.2) is 18.4 Å². The van der Waals surface area contributed by atoms with Crippen molar-refractivity contribution in [3.63, 3.8) is 0 Å². The molecule has 2 saturated carbocycles. The number of methoxy groups -OCH3 is 2. The number of halogens is 5. The normalized spacial score (nSPS) is 17.1. The molecule has 4 aromatic rings. The first-order valence-corrected chi connectivity index (χ1v) is 21.3. The summed E-state index contributed by atoms with van der Waals surface area (Å²) >= 11 is 27.3. The summed E-state index contributed by atoms with van der Waals surface area (Å²) < 4.78 is 53.3. The Morgan fingerprint density at radius 3 is 1.48 bits per heavy atom. The van der Waals surface area contributed by atoms with Gasteiger partial charge in [0, 0.05) is 33.4 Å². The van der Waals surface area contributed by atoms with Gasteiger partial charge in [-0.15, -0.1) is 0 Å². The van der Waals surface area contributed by atoms with E-state index >= 15 is 0 Å². The number of thiocarbonyl (C=S) groups is 2. The van der Waals surface area contributed by atoms with Crippen LogP contribution in [0.2, 0.25) is 10.0 Å². The largest absolute Gasteiger partial charge is 0.507 e. The summed E-state index contributed by atoms with van der Waals surface area (Å²) in [6.07, 6.45) is 6.20. The lowest BCUT2D eigenvalue weighted by molar-refractivity contribution is -0.147. The Balaban J connectivity index is 0.000000185. The first-order chi connectivity index (χ1) is 29.1. The molecule has 0 radical (unpaired) electrons. The molecule has 0 amide bonds. The molecule has 2 aliphatic carbocycles. The number of hydrogen-bond acceptors (Lipinski definition) is 10. The zero-order valence-electron chi connectivity index (χ0n) is 33.6. The van der Waals surface area contributed by atoms with Gasteiger partial charge in [0.2, 0.25) is 0 Å². The number of carbonyl (C=O) groups is 2. The van der Waals surface area contributed by atoms with Gasteiger partial charge in [-0.2, -0.15) is 0 Å². The van der Waals surface area contributed by atoms with Crippen molar-refractivity contribution in [3.05, 3.63) is 128 Å². The van der Waals surface area contributed by atoms with E-state index in [1.807, 2.05) is 26.0 Å². The zero-order valence-corrected chi connectivity index (χ0v) is 37.5. The molecule has 4 aromatic carbocycles. The maximum atomic E-state index is 13.4. The van der Waals surface area contributed by atoms with Crippen molar-refractivity contribution in [2.45, 2.75) is 76.4 Å². The van der Waals surface area contributed by atoms with Gasteiger partial charge in [0.1, 0.15) is 22.8 Å². The quantitative estimate of drug-likeness (QED) is 0.118. The van der Waals surface area contributed by atoms with Crippen molar-refractivity contribution in [3.8, 4) is 22.3 Å². The van der Waals surface area contributed by atoms with Gasteiger partial charge in [0.25, 0.3) is 4.51 Å². The van der Waals surface area contributed by atoms with Gasteiger partial charge in [0.05, 0.1) is 14.2 Å². The summed E-state index contributed by atoms with van der Waals surface area (Å²) in [4.78, 5) is 25.7. The average molecular weight is 930 g/mol. The summed E-state index contributed by atoms with van der Waals surface area (Å²) in [6, 6.07) is 19.4. The number of ether oxygens (including phenoxy) is 5. The molecule has 2 heterocycles. The summed E-state index contributed by atoms with van der Waals surface area (Å²) in [7, 11) is 2.84. The fourth-order valence-corrected chi connectivity index (χ4v) is 9.00. The number of aliphatic hydroxyl groups excluding tert-OH is 1. The average Bonchev–Trinajstić information content (AvgIpc) is 4.02. The van der Waals surface area contributed by atoms with Crippen molar-refractivity contribution < 1.29 is 47.2 Å². The minimum absolute atomic E-state index is 0.0127. The molecule has 2 fully saturated rings. The van der Waals surface area contributed by atoms with E-state index in [0.29, 0.717) is 52.6 Å². The molecule has 0 saturated heterocycles. The van der Waals surface area contributed by atoms with Crippen molar-refractivity contribution >= 4 is 92.1 Å². The molecule has 61 heavy (non-hydrogen) atoms. The Morgan fingerprint density at radius 1 is 0.656 bits per heavy atom. The van der Waals surface area contributed by atoms with E-state index in [4.69, 9.17) is 66.0 Å². The van der Waals surface area contributed by atoms with Gasteiger partial charge in [-0.1, -0.05) is 59.6 Å². The number of rotatable bonds is 5. The van der Waals surface area contributed by atoms with Gasteiger partial charge in [-0.05, 0) is 159 Å². The molecule has 1 N–H and O–H groups in total. The van der Waals surface area contributed by atoms with Gasteiger partial charge < -0.3 is 28.8 Å². The summed E-state index contributed by atoms with van der Waals surface area (Å²) in [5.74, 6) is -1.32. The van der Waals surface area contributed by atoms with Crippen LogP contribution in [0.25, 0.3) is 33.4 Å². The van der Waals surface area contributed by atoms with E-state index in [9.17, 15) is 23.5 Å². The molecule has 2 spiro atoms. The molecule has 2 aliphatic heterocycles. The van der Waals surface area contributed by atoms with Crippen molar-refractivity contribution in [2.24, 2.45) is 0 Å². The second kappa shape index (κ2) is 19.2. The molecular weight excluding hydrogens is 889 g/mol. The van der Waals surface area contributed by atoms with E-state index in [1.54, 1.807) is 36.4 Å². The number of aliphatic hydroxyl groups is 1. The van der Waals surface area contributed by atoms with Crippen LogP contribution in [0.1, 0.15) is 73.6 Å². The lowest BCUT2D eigenvalue weighted by Crippen LogP contribution is -2.30. The van der Waals surface area contributed by atoms with Crippen molar-refractivity contribution in [1.82, 2.24) is 0 Å². The number of carbonyl (C=O) groups excluding carboxylic acids is 2. The van der Waals surface area contributed by atoms with Gasteiger partial charge >= 0.3 is 17.2 Å². The van der Waals surface area contributed by atoms with Gasteiger partial charge in [-0.3, -0.25) is 0 Å². The summed E-state index contributed by atoms with van der Waals surface area (Å²) in [6.45, 7) is 3.71. The topological polar surface area (TPSA) is 101 Å². The van der Waals surface area contributed by atoms with E-state index in [2.05, 4.69) is 17.0 Å². The molecule has 0 atom stereocenters. The smallest absolute Gasteiger partial charge is 0.357 e. The van der Waals surface area contributed by atoms with Crippen LogP contribution in [0, 0.1) is 25.5 Å². The van der Waals surface area contributed by atoms with Crippen LogP contribution in [-0.2, 0) is 33.3 Å². The lowest BCUT2D eigenvalue weighted by atomic mass is 9.90. The van der Waals surface area contributed by atoms with Crippen LogP contribution in [0.3, 0.4) is 0 Å². The molecule has 8 rings (SSSR count). The predicted octanol–water partition coefficient (Wildman–Crippen LogP) is 12.7. The highest BCUT2D eigenvalue weighted by Gasteiger charge is 2.53. The lowest BCUT2D eigenvalue weighted by Gasteiger charge is -2.25. The zero-order chi connectivity index (χ0) is 44.2. The van der Waals surface area contributed by atoms with Crippen LogP contribution in [0.15, 0.2) is 84.3 Å². The predicted molar refractivity (Wildman–Crippen MR) is 240 cm³/mol. The number of hydrogen-bond donors (Lipinski definition) is 1. The van der Waals surface area contributed by atoms with Crippen LogP contribution in [-0.4, -0.2) is 52.2 Å². The van der Waals surface area contributed by atoms with Crippen LogP contribution in [0.4, 0.5) is 8.78 Å². The molecule has 15 heteroatoms. The van der Waals surface area contributed by atoms with E-state index in [0.717, 1.165) is 59.1 Å². The highest BCUT2D eigenvalue weighted by molar-refractivity contribution is 7.82. The van der Waals surface area contributed by atoms with Crippen molar-refractivity contribution in [2.75, 3.05) is 14.2 Å². The molecule has 8 nitrogen and oxygen atoms in total. The third kappa shape index (κ3) is 9.44. The van der Waals surface area contributed by atoms with Crippen molar-refractivity contribution in [1.29, 1.82) is 0 Å². The SMILES string of the molecule is COC(=S)Cl.COC(=S)OC1=C(c2c(Cl)ccc(-c3ccc(F)cc3)c2C)C(=O)OC12CCCC2.Cc1c(-c2ccc(F)cc2)ccc(Cl)c1C1=C(O)C2(CCCC2)OC1=O. The number of esters is 2. The first kappa shape index (κ1) is 45.9. The molecule has 0 unspecified atom stereocenters. The molecule has 320 valence electrons. The third-order valence-corrected chi connectivity index (χ3v) is 12.5. The molecule has 0 aromatic heterocycles. The fraction of sp³-hybridized carbons (Fsp3) is 0.304. The fourth-order valence-electron chi connectivity index (χ4n) is 8.32. The maximum absolute atomic E-state index is 13.4. The van der Waals surface area contributed by atoms with Crippen LogP contribution >= 0.6 is 59.2 Å². The Kier molecular flexibility index (Phi) is 14.5. The summed E-state index contributed by atoms with van der Waals surface area (Å²) in [5.41, 5.74) is 4.47. The van der Waals surface area contributed by atoms with Crippen LogP contribution in [0.5, 0.6) is 0 Å². The Morgan fingerprint density at radius 2 is 1.05 bits per heavy atom. The second-order valence-corrected chi connectivity index (χ2v) is 16.9. The Labute approximate surface area is 378 Å². The highest BCUT2D eigenvalue weighted by atomic mass is 35.5. The van der Waals surface area contributed by atoms with Gasteiger partial charge in [0.15, 0.2) is 22.7 Å². The van der Waals surface area contributed by atoms with Crippen LogP contribution < -0.4 is 0 Å². The second-order valence-electron chi connectivity index (χ2n) is 14.8. The standard InChI is InChI=1S/C23H20ClFO4S.C21H18ClFO3.C2H3ClOS/c1-13-16(14-5-7-15(25)8-6-14)9-10-17(24)18(13)19-20(28-22(30)27-2)23(29-21(19)26)11-3-4-12-23;1-12-15(13-4-6-14(23)7-5-13)8-9-16(22)17(12)18-19(24)21(26-20(18)25)10-2-3-11-21;1-4-2(3)5/h5-10H,3-4,11-12H2,1-2H3;4-9,24H,2-3,10-11H2,1H3;1H3. The third-order valence-electron chi connectivity index (χ3n) is 11.3. The highest BCUT2D eigenvalue weighted by Crippen LogP contribution is 2.51. The minimum atomic E-state index is -0.895. The summed E-state index contributed by atoms with van der Waals surface area (Å²) in [5, 5.41) is 11.5. The maximum Gasteiger partial charge on any atom is 0.357 e. The Hall–Kier alpha value is -4.59. The minimum Gasteiger partial charge on any atom is -0.507 e. The first-order valence-electron chi connectivity index (χ1n) is 19.3. The van der Waals surface area contributed by atoms with E-state index in [1.165, 1.54) is 38.5 Å². The monoisotopic (exact) mass is 928 g/mol.